The first-order valence-corrected chi connectivity index (χ1v) is 10.4. The van der Waals surface area contributed by atoms with Crippen LogP contribution in [-0.4, -0.2) is 18.2 Å². The van der Waals surface area contributed by atoms with Crippen molar-refractivity contribution >= 4 is 38.3 Å². The highest BCUT2D eigenvalue weighted by Gasteiger charge is 2.29. The fourth-order valence-corrected chi connectivity index (χ4v) is 5.03. The van der Waals surface area contributed by atoms with Gasteiger partial charge < -0.3 is 0 Å². The molecule has 0 atom stereocenters. The van der Waals surface area contributed by atoms with Crippen LogP contribution < -0.4 is 0 Å². The first-order valence-electron chi connectivity index (χ1n) is 8.62. The average Bonchev–Trinajstić information content (AvgIpc) is 3.02. The van der Waals surface area contributed by atoms with Crippen LogP contribution in [0.15, 0.2) is 83.8 Å². The highest BCUT2D eigenvalue weighted by Crippen LogP contribution is 2.31. The first kappa shape index (κ1) is 18.5. The van der Waals surface area contributed by atoms with E-state index in [1.807, 2.05) is 12.1 Å². The van der Waals surface area contributed by atoms with Gasteiger partial charge in [0, 0.05) is 16.0 Å². The number of para-hydroxylation sites is 1. The van der Waals surface area contributed by atoms with Crippen LogP contribution in [0.25, 0.3) is 10.9 Å². The van der Waals surface area contributed by atoms with Crippen LogP contribution in [0.4, 0.5) is 0 Å². The SMILES string of the molecule is Cc1c(C(=O)c2ccc(Cl)cc2)n(S(=O)(=O)c2ccccc2)c2ccccc12. The quantitative estimate of drug-likeness (QED) is 0.442. The lowest BCUT2D eigenvalue weighted by Gasteiger charge is -2.12. The zero-order valence-corrected chi connectivity index (χ0v) is 16.5. The van der Waals surface area contributed by atoms with Crippen LogP contribution in [0.3, 0.4) is 0 Å². The summed E-state index contributed by atoms with van der Waals surface area (Å²) in [4.78, 5) is 13.4. The molecule has 4 rings (SSSR count). The second kappa shape index (κ2) is 6.93. The monoisotopic (exact) mass is 409 g/mol. The molecule has 1 aromatic heterocycles. The summed E-state index contributed by atoms with van der Waals surface area (Å²) in [6.07, 6.45) is 0. The number of aryl methyl sites for hydroxylation is 1. The van der Waals surface area contributed by atoms with Crippen molar-refractivity contribution in [2.45, 2.75) is 11.8 Å². The average molecular weight is 410 g/mol. The van der Waals surface area contributed by atoms with Gasteiger partial charge in [0.05, 0.1) is 10.4 Å². The maximum Gasteiger partial charge on any atom is 0.268 e. The van der Waals surface area contributed by atoms with E-state index in [4.69, 9.17) is 11.6 Å². The summed E-state index contributed by atoms with van der Waals surface area (Å²) in [6, 6.07) is 21.7. The molecular weight excluding hydrogens is 394 g/mol. The molecule has 6 heteroatoms. The molecular formula is C22H16ClNO3S. The summed E-state index contributed by atoms with van der Waals surface area (Å²) < 4.78 is 28.1. The number of benzene rings is 3. The molecule has 4 aromatic rings. The Labute approximate surface area is 168 Å². The van der Waals surface area contributed by atoms with Crippen LogP contribution in [0, 0.1) is 6.92 Å². The standard InChI is InChI=1S/C22H16ClNO3S/c1-15-19-9-5-6-10-20(19)24(28(26,27)18-7-3-2-4-8-18)21(15)22(25)16-11-13-17(23)14-12-16/h2-14H,1H3. The van der Waals surface area contributed by atoms with Crippen molar-refractivity contribution in [1.29, 1.82) is 0 Å². The maximum absolute atomic E-state index is 13.5. The van der Waals surface area contributed by atoms with Gasteiger partial charge in [0.1, 0.15) is 5.69 Å². The Kier molecular flexibility index (Phi) is 4.57. The van der Waals surface area contributed by atoms with Gasteiger partial charge in [-0.2, -0.15) is 0 Å². The normalized spacial score (nSPS) is 11.6. The van der Waals surface area contributed by atoms with Gasteiger partial charge in [0.15, 0.2) is 0 Å². The van der Waals surface area contributed by atoms with Crippen LogP contribution in [0.5, 0.6) is 0 Å². The second-order valence-electron chi connectivity index (χ2n) is 6.41. The van der Waals surface area contributed by atoms with Crippen molar-refractivity contribution in [3.63, 3.8) is 0 Å². The number of carbonyl (C=O) groups is 1. The largest absolute Gasteiger partial charge is 0.287 e. The molecule has 28 heavy (non-hydrogen) atoms. The maximum atomic E-state index is 13.5. The van der Waals surface area contributed by atoms with Crippen molar-refractivity contribution in [3.05, 3.63) is 101 Å². The Morgan fingerprint density at radius 1 is 0.857 bits per heavy atom. The summed E-state index contributed by atoms with van der Waals surface area (Å²) in [5.41, 5.74) is 1.60. The number of hydrogen-bond acceptors (Lipinski definition) is 3. The number of halogens is 1. The lowest BCUT2D eigenvalue weighted by atomic mass is 10.0. The second-order valence-corrected chi connectivity index (χ2v) is 8.63. The van der Waals surface area contributed by atoms with Crippen molar-refractivity contribution in [1.82, 2.24) is 3.97 Å². The van der Waals surface area contributed by atoms with Crippen LogP contribution in [0.1, 0.15) is 21.6 Å². The van der Waals surface area contributed by atoms with E-state index < -0.39 is 10.0 Å². The number of fused-ring (bicyclic) bond motifs is 1. The van der Waals surface area contributed by atoms with Crippen molar-refractivity contribution in [2.75, 3.05) is 0 Å². The van der Waals surface area contributed by atoms with Gasteiger partial charge in [-0.15, -0.1) is 0 Å². The number of ketones is 1. The molecule has 3 aromatic carbocycles. The lowest BCUT2D eigenvalue weighted by molar-refractivity contribution is 0.103. The highest BCUT2D eigenvalue weighted by atomic mass is 35.5. The Morgan fingerprint density at radius 3 is 2.14 bits per heavy atom. The van der Waals surface area contributed by atoms with E-state index in [1.165, 1.54) is 12.1 Å². The van der Waals surface area contributed by atoms with Gasteiger partial charge in [-0.25, -0.2) is 12.4 Å². The molecule has 0 amide bonds. The molecule has 0 saturated heterocycles. The molecule has 140 valence electrons. The zero-order chi connectivity index (χ0) is 19.9. The van der Waals surface area contributed by atoms with Crippen LogP contribution in [-0.2, 0) is 10.0 Å². The molecule has 1 heterocycles. The van der Waals surface area contributed by atoms with Crippen molar-refractivity contribution in [2.24, 2.45) is 0 Å². The first-order chi connectivity index (χ1) is 13.4. The Hall–Kier alpha value is -2.89. The highest BCUT2D eigenvalue weighted by molar-refractivity contribution is 7.90. The molecule has 0 aliphatic carbocycles. The minimum Gasteiger partial charge on any atom is -0.287 e. The van der Waals surface area contributed by atoms with E-state index >= 15 is 0 Å². The topological polar surface area (TPSA) is 56.1 Å². The molecule has 0 saturated carbocycles. The van der Waals surface area contributed by atoms with Crippen molar-refractivity contribution in [3.8, 4) is 0 Å². The van der Waals surface area contributed by atoms with E-state index in [-0.39, 0.29) is 16.4 Å². The number of rotatable bonds is 4. The van der Waals surface area contributed by atoms with Gasteiger partial charge in [0.2, 0.25) is 5.78 Å². The molecule has 0 aliphatic rings. The summed E-state index contributed by atoms with van der Waals surface area (Å²) in [7, 11) is -3.97. The molecule has 0 fully saturated rings. The third-order valence-corrected chi connectivity index (χ3v) is 6.67. The Bertz CT molecular complexity index is 1290. The fraction of sp³-hybridized carbons (Fsp3) is 0.0455. The van der Waals surface area contributed by atoms with Crippen LogP contribution in [0.2, 0.25) is 5.02 Å². The van der Waals surface area contributed by atoms with E-state index in [2.05, 4.69) is 0 Å². The lowest BCUT2D eigenvalue weighted by Crippen LogP contribution is -2.19. The molecule has 0 aliphatic heterocycles. The fourth-order valence-electron chi connectivity index (χ4n) is 3.32. The molecule has 4 nitrogen and oxygen atoms in total. The van der Waals surface area contributed by atoms with Gasteiger partial charge >= 0.3 is 0 Å². The third-order valence-electron chi connectivity index (χ3n) is 4.69. The summed E-state index contributed by atoms with van der Waals surface area (Å²) in [5.74, 6) is -0.370. The molecule has 0 spiro atoms. The minimum atomic E-state index is -3.97. The van der Waals surface area contributed by atoms with E-state index in [1.54, 1.807) is 61.5 Å². The smallest absolute Gasteiger partial charge is 0.268 e. The van der Waals surface area contributed by atoms with Gasteiger partial charge in [-0.3, -0.25) is 4.79 Å². The number of nitrogens with zero attached hydrogens (tertiary/aromatic N) is 1. The van der Waals surface area contributed by atoms with Gasteiger partial charge in [-0.05, 0) is 55.0 Å². The van der Waals surface area contributed by atoms with Gasteiger partial charge in [-0.1, -0.05) is 48.0 Å². The molecule has 0 N–H and O–H groups in total. The summed E-state index contributed by atoms with van der Waals surface area (Å²) in [6.45, 7) is 1.77. The van der Waals surface area contributed by atoms with Crippen LogP contribution >= 0.6 is 11.6 Å². The summed E-state index contributed by atoms with van der Waals surface area (Å²) >= 11 is 5.93. The zero-order valence-electron chi connectivity index (χ0n) is 15.0. The predicted octanol–water partition coefficient (Wildman–Crippen LogP) is 5.07. The minimum absolute atomic E-state index is 0.126. The number of carbonyl (C=O) groups excluding carboxylic acids is 1. The van der Waals surface area contributed by atoms with Gasteiger partial charge in [0.25, 0.3) is 10.0 Å². The predicted molar refractivity (Wildman–Crippen MR) is 111 cm³/mol. The number of aromatic nitrogens is 1. The molecule has 0 radical (unpaired) electrons. The summed E-state index contributed by atoms with van der Waals surface area (Å²) in [5, 5.41) is 1.23. The number of hydrogen-bond donors (Lipinski definition) is 0. The Balaban J connectivity index is 2.04. The molecule has 0 unspecified atom stereocenters. The molecule has 0 bridgehead atoms. The third kappa shape index (κ3) is 2.93. The van der Waals surface area contributed by atoms with E-state index in [9.17, 15) is 13.2 Å². The Morgan fingerprint density at radius 2 is 1.46 bits per heavy atom. The van der Waals surface area contributed by atoms with E-state index in [0.29, 0.717) is 21.7 Å². The van der Waals surface area contributed by atoms with Crippen molar-refractivity contribution < 1.29 is 13.2 Å². The van der Waals surface area contributed by atoms with E-state index in [0.717, 1.165) is 9.36 Å².